The van der Waals surface area contributed by atoms with Crippen LogP contribution in [0.2, 0.25) is 51.4 Å². The number of ether oxygens (including phenoxy) is 3. The van der Waals surface area contributed by atoms with Crippen LogP contribution in [0.3, 0.4) is 0 Å². The number of imidazole rings is 1. The summed E-state index contributed by atoms with van der Waals surface area (Å²) in [5, 5.41) is 5.29. The van der Waals surface area contributed by atoms with Gasteiger partial charge in [-0.15, -0.1) is 0 Å². The number of morpholine rings is 1. The summed E-state index contributed by atoms with van der Waals surface area (Å²) in [6.45, 7) is 26.0. The molecule has 3 atom stereocenters. The molecule has 12 heteroatoms. The van der Waals surface area contributed by atoms with E-state index in [1.165, 1.54) is 17.7 Å². The minimum absolute atomic E-state index is 0.0766. The van der Waals surface area contributed by atoms with Crippen LogP contribution in [0.25, 0.3) is 22.6 Å². The van der Waals surface area contributed by atoms with Gasteiger partial charge in [-0.05, 0) is 74.2 Å². The quantitative estimate of drug-likeness (QED) is 0.137. The summed E-state index contributed by atoms with van der Waals surface area (Å²) >= 11 is 0. The van der Waals surface area contributed by atoms with Crippen molar-refractivity contribution in [3.05, 3.63) is 29.0 Å². The predicted molar refractivity (Wildman–Crippen MR) is 203 cm³/mol. The Balaban J connectivity index is 1.37. The topological polar surface area (TPSA) is 86.9 Å². The third-order valence-electron chi connectivity index (χ3n) is 11.1. The average Bonchev–Trinajstić information content (AvgIpc) is 3.39. The molecule has 1 aromatic carbocycles. The van der Waals surface area contributed by atoms with Crippen LogP contribution in [-0.2, 0) is 45.3 Å². The summed E-state index contributed by atoms with van der Waals surface area (Å²) in [7, 11) is -0.576. The number of fused-ring (bicyclic) bond motifs is 3. The third-order valence-corrected chi connectivity index (χ3v) is 14.5. The van der Waals surface area contributed by atoms with Crippen molar-refractivity contribution in [1.82, 2.24) is 24.2 Å². The molecule has 1 saturated heterocycles. The second-order valence-corrected chi connectivity index (χ2v) is 28.9. The standard InChI is InChI=1S/C37H60N6O4Si2/c1-26-19-29(40(4)36(44)27(2)41-11-13-45-14-12-41)21-31-33(26)38-35(42(31)24-46-15-17-48(5,6)7)34-30-20-28-22-37(28,3)23-32(30)43(39-34)25-47-16-18-49(8,9)10/h19,21,27-28H,11-18,20,22-25H2,1-10H3/t27-,28+,37+/m0/s1. The molecular formula is C37H60N6O4Si2. The molecule has 1 amide bonds. The number of aromatic nitrogens is 4. The van der Waals surface area contributed by atoms with E-state index in [1.54, 1.807) is 4.90 Å². The highest BCUT2D eigenvalue weighted by molar-refractivity contribution is 6.76. The van der Waals surface area contributed by atoms with E-state index in [1.807, 2.05) is 14.0 Å². The number of hydrogen-bond acceptors (Lipinski definition) is 7. The molecule has 2 fully saturated rings. The lowest BCUT2D eigenvalue weighted by molar-refractivity contribution is -0.124. The van der Waals surface area contributed by atoms with E-state index in [4.69, 9.17) is 24.3 Å². The molecule has 0 unspecified atom stereocenters. The van der Waals surface area contributed by atoms with E-state index < -0.39 is 16.1 Å². The van der Waals surface area contributed by atoms with E-state index >= 15 is 0 Å². The Morgan fingerprint density at radius 2 is 1.71 bits per heavy atom. The summed E-state index contributed by atoms with van der Waals surface area (Å²) in [6.07, 6.45) is 3.32. The fourth-order valence-electron chi connectivity index (χ4n) is 7.37. The lowest BCUT2D eigenvalue weighted by Gasteiger charge is -2.33. The number of hydrogen-bond donors (Lipinski definition) is 0. The van der Waals surface area contributed by atoms with Crippen molar-refractivity contribution in [2.75, 3.05) is 51.5 Å². The van der Waals surface area contributed by atoms with Gasteiger partial charge in [-0.1, -0.05) is 46.2 Å². The first-order valence-electron chi connectivity index (χ1n) is 18.4. The number of aryl methyl sites for hydroxylation is 1. The number of anilines is 1. The Labute approximate surface area is 295 Å². The smallest absolute Gasteiger partial charge is 0.243 e. The van der Waals surface area contributed by atoms with E-state index in [2.05, 4.69) is 79.4 Å². The summed E-state index contributed by atoms with van der Waals surface area (Å²) in [5.41, 5.74) is 7.73. The van der Waals surface area contributed by atoms with Crippen molar-refractivity contribution in [1.29, 1.82) is 0 Å². The van der Waals surface area contributed by atoms with Gasteiger partial charge in [-0.25, -0.2) is 9.67 Å². The number of carbonyl (C=O) groups is 1. The van der Waals surface area contributed by atoms with Crippen LogP contribution in [0.4, 0.5) is 5.69 Å². The summed E-state index contributed by atoms with van der Waals surface area (Å²) in [6, 6.07) is 6.21. The summed E-state index contributed by atoms with van der Waals surface area (Å²) in [5.74, 6) is 1.62. The van der Waals surface area contributed by atoms with Gasteiger partial charge in [0.05, 0.1) is 30.3 Å². The highest BCUT2D eigenvalue weighted by Crippen LogP contribution is 2.60. The van der Waals surface area contributed by atoms with E-state index in [9.17, 15) is 4.79 Å². The number of amides is 1. The zero-order valence-corrected chi connectivity index (χ0v) is 33.8. The number of rotatable bonds is 14. The molecule has 49 heavy (non-hydrogen) atoms. The van der Waals surface area contributed by atoms with Crippen LogP contribution < -0.4 is 4.90 Å². The lowest BCUT2D eigenvalue weighted by atomic mass is 9.87. The first-order valence-corrected chi connectivity index (χ1v) is 25.8. The molecule has 0 bridgehead atoms. The molecule has 3 aliphatic rings. The fraction of sp³-hybridized carbons (Fsp3) is 0.703. The van der Waals surface area contributed by atoms with Crippen LogP contribution in [0.5, 0.6) is 0 Å². The van der Waals surface area contributed by atoms with Crippen LogP contribution in [-0.4, -0.2) is 98.9 Å². The monoisotopic (exact) mass is 708 g/mol. The number of nitrogens with zero attached hydrogens (tertiary/aromatic N) is 6. The van der Waals surface area contributed by atoms with Crippen molar-refractivity contribution < 1.29 is 19.0 Å². The molecule has 1 aliphatic heterocycles. The minimum Gasteiger partial charge on any atom is -0.379 e. The number of benzene rings is 1. The van der Waals surface area contributed by atoms with E-state index in [0.717, 1.165) is 78.4 Å². The maximum Gasteiger partial charge on any atom is 0.243 e. The van der Waals surface area contributed by atoms with E-state index in [-0.39, 0.29) is 11.9 Å². The van der Waals surface area contributed by atoms with Crippen molar-refractivity contribution in [3.63, 3.8) is 0 Å². The largest absolute Gasteiger partial charge is 0.379 e. The molecule has 0 radical (unpaired) electrons. The zero-order chi connectivity index (χ0) is 35.3. The molecule has 2 aliphatic carbocycles. The van der Waals surface area contributed by atoms with Crippen molar-refractivity contribution in [2.24, 2.45) is 11.3 Å². The second kappa shape index (κ2) is 14.0. The van der Waals surface area contributed by atoms with Crippen LogP contribution >= 0.6 is 0 Å². The van der Waals surface area contributed by atoms with Gasteiger partial charge in [0.1, 0.15) is 19.2 Å². The predicted octanol–water partition coefficient (Wildman–Crippen LogP) is 6.64. The van der Waals surface area contributed by atoms with Crippen molar-refractivity contribution in [3.8, 4) is 11.5 Å². The van der Waals surface area contributed by atoms with Gasteiger partial charge in [0.25, 0.3) is 0 Å². The normalized spacial score (nSPS) is 21.9. The average molecular weight is 709 g/mol. The Morgan fingerprint density at radius 3 is 2.37 bits per heavy atom. The number of likely N-dealkylation sites (N-methyl/N-ethyl adjacent to an activating group) is 1. The van der Waals surface area contributed by atoms with Gasteiger partial charge >= 0.3 is 0 Å². The molecule has 0 N–H and O–H groups in total. The van der Waals surface area contributed by atoms with Crippen molar-refractivity contribution in [2.45, 2.75) is 111 Å². The molecule has 1 saturated carbocycles. The van der Waals surface area contributed by atoms with Gasteiger partial charge < -0.3 is 19.1 Å². The van der Waals surface area contributed by atoms with Gasteiger partial charge in [0, 0.05) is 66.4 Å². The zero-order valence-electron chi connectivity index (χ0n) is 31.8. The molecule has 6 rings (SSSR count). The highest BCUT2D eigenvalue weighted by atomic mass is 28.3. The summed E-state index contributed by atoms with van der Waals surface area (Å²) in [4.78, 5) is 23.1. The van der Waals surface area contributed by atoms with Crippen LogP contribution in [0.1, 0.15) is 37.1 Å². The van der Waals surface area contributed by atoms with Crippen LogP contribution in [0.15, 0.2) is 12.1 Å². The van der Waals surface area contributed by atoms with Crippen LogP contribution in [0, 0.1) is 18.3 Å². The first-order chi connectivity index (χ1) is 23.0. The Bertz CT molecular complexity index is 1670. The first kappa shape index (κ1) is 36.4. The Kier molecular flexibility index (Phi) is 10.4. The molecule has 2 aromatic heterocycles. The molecule has 3 aromatic rings. The Hall–Kier alpha value is -2.36. The molecule has 10 nitrogen and oxygen atoms in total. The lowest BCUT2D eigenvalue weighted by Crippen LogP contribution is -2.50. The van der Waals surface area contributed by atoms with E-state index in [0.29, 0.717) is 44.6 Å². The Morgan fingerprint density at radius 1 is 1.06 bits per heavy atom. The second-order valence-electron chi connectivity index (χ2n) is 17.6. The van der Waals surface area contributed by atoms with Gasteiger partial charge in [-0.2, -0.15) is 5.10 Å². The number of carbonyl (C=O) groups excluding carboxylic acids is 1. The highest BCUT2D eigenvalue weighted by Gasteiger charge is 2.54. The third kappa shape index (κ3) is 8.09. The van der Waals surface area contributed by atoms with Gasteiger partial charge in [-0.3, -0.25) is 14.3 Å². The maximum atomic E-state index is 13.8. The van der Waals surface area contributed by atoms with Gasteiger partial charge in [0.2, 0.25) is 5.91 Å². The minimum atomic E-state index is -1.27. The van der Waals surface area contributed by atoms with Gasteiger partial charge in [0.15, 0.2) is 5.82 Å². The summed E-state index contributed by atoms with van der Waals surface area (Å²) < 4.78 is 22.6. The maximum absolute atomic E-state index is 13.8. The molecule has 0 spiro atoms. The van der Waals surface area contributed by atoms with Crippen molar-refractivity contribution >= 4 is 38.8 Å². The molecular weight excluding hydrogens is 649 g/mol. The SMILES string of the molecule is Cc1cc(N(C)C(=O)[C@H](C)N2CCOCC2)cc2c1nc(-c1nn(COCC[Si](C)(C)C)c3c1C[C@@H]1C[C@]1(C)C3)n2COCC[Si](C)(C)C. The molecule has 270 valence electrons. The molecule has 3 heterocycles. The fourth-order valence-corrected chi connectivity index (χ4v) is 8.89.